The first-order valence-electron chi connectivity index (χ1n) is 7.53. The van der Waals surface area contributed by atoms with Gasteiger partial charge in [-0.1, -0.05) is 32.0 Å². The van der Waals surface area contributed by atoms with Crippen molar-refractivity contribution in [3.63, 3.8) is 0 Å². The average molecular weight is 315 g/mol. The largest absolute Gasteiger partial charge is 0.481 e. The highest BCUT2D eigenvalue weighted by molar-refractivity contribution is 7.99. The number of unbranched alkanes of at least 4 members (excludes halogenated alkanes) is 1. The summed E-state index contributed by atoms with van der Waals surface area (Å²) in [5.74, 6) is 0.102. The van der Waals surface area contributed by atoms with Gasteiger partial charge in [-0.3, -0.25) is 4.79 Å². The Labute approximate surface area is 130 Å². The highest BCUT2D eigenvalue weighted by Gasteiger charge is 2.13. The van der Waals surface area contributed by atoms with E-state index < -0.39 is 5.97 Å². The number of ether oxygens (including phenoxy) is 1. The molecular formula is C14H25N3O3S. The molecule has 0 spiro atoms. The Morgan fingerprint density at radius 3 is 2.67 bits per heavy atom. The van der Waals surface area contributed by atoms with Crippen LogP contribution in [0.25, 0.3) is 0 Å². The van der Waals surface area contributed by atoms with Gasteiger partial charge in [0.15, 0.2) is 5.16 Å². The van der Waals surface area contributed by atoms with Crippen molar-refractivity contribution >= 4 is 17.7 Å². The molecule has 1 rings (SSSR count). The number of nitrogens with zero attached hydrogens (tertiary/aromatic N) is 3. The fourth-order valence-electron chi connectivity index (χ4n) is 1.86. The summed E-state index contributed by atoms with van der Waals surface area (Å²) in [7, 11) is 0. The van der Waals surface area contributed by atoms with Crippen molar-refractivity contribution in [1.82, 2.24) is 14.8 Å². The first-order valence-corrected chi connectivity index (χ1v) is 8.52. The predicted octanol–water partition coefficient (Wildman–Crippen LogP) is 2.61. The molecule has 0 bridgehead atoms. The van der Waals surface area contributed by atoms with Crippen LogP contribution in [0.15, 0.2) is 5.16 Å². The molecule has 21 heavy (non-hydrogen) atoms. The van der Waals surface area contributed by atoms with Gasteiger partial charge in [0.1, 0.15) is 5.82 Å². The summed E-state index contributed by atoms with van der Waals surface area (Å²) in [5.41, 5.74) is 0. The molecule has 1 aromatic heterocycles. The van der Waals surface area contributed by atoms with Crippen molar-refractivity contribution in [3.05, 3.63) is 5.82 Å². The highest BCUT2D eigenvalue weighted by Crippen LogP contribution is 2.18. The minimum absolute atomic E-state index is 0.0112. The van der Waals surface area contributed by atoms with Crippen LogP contribution in [-0.2, 0) is 22.5 Å². The number of carbonyl (C=O) groups is 1. The number of hydrogen-bond donors (Lipinski definition) is 1. The molecule has 7 heteroatoms. The van der Waals surface area contributed by atoms with Crippen molar-refractivity contribution in [2.45, 2.75) is 57.7 Å². The Bertz CT molecular complexity index is 424. The minimum Gasteiger partial charge on any atom is -0.481 e. The van der Waals surface area contributed by atoms with Gasteiger partial charge >= 0.3 is 5.97 Å². The summed E-state index contributed by atoms with van der Waals surface area (Å²) < 4.78 is 7.58. The minimum atomic E-state index is -0.838. The highest BCUT2D eigenvalue weighted by atomic mass is 32.2. The van der Waals surface area contributed by atoms with E-state index in [0.717, 1.165) is 51.1 Å². The zero-order valence-corrected chi connectivity index (χ0v) is 13.7. The normalized spacial score (nSPS) is 11.0. The van der Waals surface area contributed by atoms with E-state index in [1.54, 1.807) is 0 Å². The van der Waals surface area contributed by atoms with Crippen molar-refractivity contribution < 1.29 is 14.6 Å². The third kappa shape index (κ3) is 6.95. The van der Waals surface area contributed by atoms with Gasteiger partial charge in [0.05, 0.1) is 5.75 Å². The van der Waals surface area contributed by atoms with Gasteiger partial charge in [-0.2, -0.15) is 0 Å². The van der Waals surface area contributed by atoms with Crippen LogP contribution >= 0.6 is 11.8 Å². The second kappa shape index (κ2) is 10.6. The molecule has 0 aliphatic heterocycles. The fourth-order valence-corrected chi connectivity index (χ4v) is 2.56. The third-order valence-corrected chi connectivity index (χ3v) is 3.86. The molecule has 0 fully saturated rings. The molecule has 0 radical (unpaired) electrons. The van der Waals surface area contributed by atoms with E-state index in [1.165, 1.54) is 11.8 Å². The van der Waals surface area contributed by atoms with E-state index in [9.17, 15) is 4.79 Å². The van der Waals surface area contributed by atoms with Crippen molar-refractivity contribution in [3.8, 4) is 0 Å². The maximum atomic E-state index is 10.7. The summed E-state index contributed by atoms with van der Waals surface area (Å²) in [6.45, 7) is 6.53. The molecule has 1 aromatic rings. The maximum absolute atomic E-state index is 10.7. The lowest BCUT2D eigenvalue weighted by atomic mass is 10.3. The SMILES string of the molecule is CCCCOCCCn1c(CCC)nnc1SCC(=O)O. The molecule has 0 aliphatic carbocycles. The molecule has 1 N–H and O–H groups in total. The lowest BCUT2D eigenvalue weighted by Crippen LogP contribution is -2.09. The summed E-state index contributed by atoms with van der Waals surface area (Å²) in [6, 6.07) is 0. The van der Waals surface area contributed by atoms with Crippen molar-refractivity contribution in [2.24, 2.45) is 0 Å². The van der Waals surface area contributed by atoms with Crippen LogP contribution in [0.2, 0.25) is 0 Å². The van der Waals surface area contributed by atoms with Crippen molar-refractivity contribution in [2.75, 3.05) is 19.0 Å². The van der Waals surface area contributed by atoms with Gasteiger partial charge in [0.25, 0.3) is 0 Å². The first-order chi connectivity index (χ1) is 10.2. The number of aliphatic carboxylic acids is 1. The van der Waals surface area contributed by atoms with E-state index in [-0.39, 0.29) is 5.75 Å². The van der Waals surface area contributed by atoms with Crippen LogP contribution in [0.5, 0.6) is 0 Å². The third-order valence-electron chi connectivity index (χ3n) is 2.90. The lowest BCUT2D eigenvalue weighted by molar-refractivity contribution is -0.133. The van der Waals surface area contributed by atoms with Crippen LogP contribution in [0.3, 0.4) is 0 Å². The number of aryl methyl sites for hydroxylation is 1. The van der Waals surface area contributed by atoms with Gasteiger partial charge in [0, 0.05) is 26.2 Å². The predicted molar refractivity (Wildman–Crippen MR) is 82.7 cm³/mol. The molecule has 0 saturated heterocycles. The van der Waals surface area contributed by atoms with Crippen LogP contribution in [0.4, 0.5) is 0 Å². The smallest absolute Gasteiger partial charge is 0.313 e. The van der Waals surface area contributed by atoms with Gasteiger partial charge < -0.3 is 14.4 Å². The van der Waals surface area contributed by atoms with Crippen LogP contribution in [0, 0.1) is 0 Å². The molecule has 0 amide bonds. The summed E-state index contributed by atoms with van der Waals surface area (Å²) in [6.07, 6.45) is 4.97. The van der Waals surface area contributed by atoms with Gasteiger partial charge in [-0.05, 0) is 19.3 Å². The average Bonchev–Trinajstić information content (AvgIpc) is 2.83. The number of rotatable bonds is 12. The topological polar surface area (TPSA) is 77.2 Å². The molecule has 0 unspecified atom stereocenters. The molecule has 0 aromatic carbocycles. The Hall–Kier alpha value is -1.08. The molecule has 0 saturated carbocycles. The molecule has 1 heterocycles. The lowest BCUT2D eigenvalue weighted by Gasteiger charge is -2.09. The zero-order valence-electron chi connectivity index (χ0n) is 12.9. The van der Waals surface area contributed by atoms with E-state index in [1.807, 2.05) is 4.57 Å². The zero-order chi connectivity index (χ0) is 15.5. The van der Waals surface area contributed by atoms with Crippen LogP contribution in [-0.4, -0.2) is 44.8 Å². The first kappa shape index (κ1) is 18.0. The molecule has 0 aliphatic rings. The quantitative estimate of drug-likeness (QED) is 0.472. The number of thioether (sulfide) groups is 1. The van der Waals surface area contributed by atoms with Crippen molar-refractivity contribution in [1.29, 1.82) is 0 Å². The Morgan fingerprint density at radius 2 is 2.00 bits per heavy atom. The number of carboxylic acid groups (broad SMARTS) is 1. The standard InChI is InChI=1S/C14H25N3O3S/c1-3-5-9-20-10-6-8-17-12(7-4-2)15-16-14(17)21-11-13(18)19/h3-11H2,1-2H3,(H,18,19). The van der Waals surface area contributed by atoms with Gasteiger partial charge in [0.2, 0.25) is 0 Å². The second-order valence-electron chi connectivity index (χ2n) is 4.80. The Kier molecular flexibility index (Phi) is 9.09. The van der Waals surface area contributed by atoms with Crippen LogP contribution in [0.1, 0.15) is 45.4 Å². The number of hydrogen-bond acceptors (Lipinski definition) is 5. The Balaban J connectivity index is 2.50. The summed E-state index contributed by atoms with van der Waals surface area (Å²) >= 11 is 1.22. The molecule has 120 valence electrons. The summed E-state index contributed by atoms with van der Waals surface area (Å²) in [5, 5.41) is 17.7. The van der Waals surface area contributed by atoms with E-state index in [2.05, 4.69) is 24.0 Å². The maximum Gasteiger partial charge on any atom is 0.313 e. The molecule has 6 nitrogen and oxygen atoms in total. The van der Waals surface area contributed by atoms with Gasteiger partial charge in [-0.15, -0.1) is 10.2 Å². The van der Waals surface area contributed by atoms with Gasteiger partial charge in [-0.25, -0.2) is 0 Å². The molecular weight excluding hydrogens is 290 g/mol. The monoisotopic (exact) mass is 315 g/mol. The fraction of sp³-hybridized carbons (Fsp3) is 0.786. The second-order valence-corrected chi connectivity index (χ2v) is 5.74. The molecule has 0 atom stereocenters. The number of carboxylic acids is 1. The number of aromatic nitrogens is 3. The van der Waals surface area contributed by atoms with Crippen LogP contribution < -0.4 is 0 Å². The summed E-state index contributed by atoms with van der Waals surface area (Å²) in [4.78, 5) is 10.7. The Morgan fingerprint density at radius 1 is 1.24 bits per heavy atom. The van der Waals surface area contributed by atoms with E-state index in [0.29, 0.717) is 11.8 Å². The van der Waals surface area contributed by atoms with E-state index in [4.69, 9.17) is 9.84 Å². The van der Waals surface area contributed by atoms with E-state index >= 15 is 0 Å².